The average Bonchev–Trinajstić information content (AvgIpc) is 2.45. The summed E-state index contributed by atoms with van der Waals surface area (Å²) in [7, 11) is 3.68. The molecule has 2 aromatic rings. The molecule has 0 fully saturated rings. The van der Waals surface area contributed by atoms with Crippen LogP contribution in [-0.2, 0) is 6.42 Å². The predicted octanol–water partition coefficient (Wildman–Crippen LogP) is 2.35. The molecule has 0 aliphatic carbocycles. The van der Waals surface area contributed by atoms with Gasteiger partial charge in [-0.25, -0.2) is 0 Å². The maximum Gasteiger partial charge on any atom is 0.122 e. The van der Waals surface area contributed by atoms with Crippen molar-refractivity contribution in [3.8, 4) is 5.75 Å². The van der Waals surface area contributed by atoms with Gasteiger partial charge in [-0.3, -0.25) is 4.98 Å². The lowest BCUT2D eigenvalue weighted by atomic mass is 10.2. The number of hydrogen-bond donors (Lipinski definition) is 1. The van der Waals surface area contributed by atoms with Crippen LogP contribution < -0.4 is 15.4 Å². The minimum atomic E-state index is 0.707. The van der Waals surface area contributed by atoms with Gasteiger partial charge < -0.3 is 15.4 Å². The van der Waals surface area contributed by atoms with E-state index in [0.717, 1.165) is 30.1 Å². The van der Waals surface area contributed by atoms with Crippen LogP contribution in [0.2, 0.25) is 0 Å². The Balaban J connectivity index is 2.03. The highest BCUT2D eigenvalue weighted by Crippen LogP contribution is 2.24. The largest absolute Gasteiger partial charge is 0.497 e. The number of rotatable bonds is 5. The minimum absolute atomic E-state index is 0.707. The zero-order chi connectivity index (χ0) is 13.7. The quantitative estimate of drug-likeness (QED) is 0.835. The number of ether oxygens (including phenoxy) is 1. The van der Waals surface area contributed by atoms with Gasteiger partial charge in [0.05, 0.1) is 7.11 Å². The van der Waals surface area contributed by atoms with E-state index in [1.807, 2.05) is 49.6 Å². The van der Waals surface area contributed by atoms with Crippen LogP contribution in [0.3, 0.4) is 0 Å². The van der Waals surface area contributed by atoms with Crippen molar-refractivity contribution in [2.75, 3.05) is 31.3 Å². The lowest BCUT2D eigenvalue weighted by molar-refractivity contribution is 0.415. The molecule has 0 atom stereocenters. The molecule has 4 nitrogen and oxygen atoms in total. The second-order valence-electron chi connectivity index (χ2n) is 4.46. The number of nitrogen functional groups attached to an aromatic ring is 1. The SMILES string of the molecule is COc1cc(N)cc(N(C)CCc2ccccn2)c1. The van der Waals surface area contributed by atoms with Crippen LogP contribution in [0.1, 0.15) is 5.69 Å². The molecule has 0 bridgehead atoms. The molecule has 0 saturated carbocycles. The van der Waals surface area contributed by atoms with Crippen LogP contribution >= 0.6 is 0 Å². The normalized spacial score (nSPS) is 10.2. The van der Waals surface area contributed by atoms with Crippen molar-refractivity contribution in [2.45, 2.75) is 6.42 Å². The highest BCUT2D eigenvalue weighted by atomic mass is 16.5. The van der Waals surface area contributed by atoms with Crippen molar-refractivity contribution in [3.63, 3.8) is 0 Å². The van der Waals surface area contributed by atoms with Crippen molar-refractivity contribution in [3.05, 3.63) is 48.3 Å². The van der Waals surface area contributed by atoms with Gasteiger partial charge in [-0.2, -0.15) is 0 Å². The maximum atomic E-state index is 5.86. The van der Waals surface area contributed by atoms with Gasteiger partial charge in [0.15, 0.2) is 0 Å². The molecule has 0 saturated heterocycles. The topological polar surface area (TPSA) is 51.4 Å². The summed E-state index contributed by atoms with van der Waals surface area (Å²) in [5.74, 6) is 0.777. The zero-order valence-electron chi connectivity index (χ0n) is 11.3. The summed E-state index contributed by atoms with van der Waals surface area (Å²) in [6.07, 6.45) is 2.72. The van der Waals surface area contributed by atoms with Crippen LogP contribution in [0.4, 0.5) is 11.4 Å². The first-order chi connectivity index (χ1) is 9.19. The Morgan fingerprint density at radius 2 is 2.11 bits per heavy atom. The number of benzene rings is 1. The first-order valence-corrected chi connectivity index (χ1v) is 6.24. The molecule has 19 heavy (non-hydrogen) atoms. The van der Waals surface area contributed by atoms with E-state index in [-0.39, 0.29) is 0 Å². The minimum Gasteiger partial charge on any atom is -0.497 e. The summed E-state index contributed by atoms with van der Waals surface area (Å²) in [5.41, 5.74) is 8.71. The Labute approximate surface area is 113 Å². The Kier molecular flexibility index (Phi) is 4.23. The maximum absolute atomic E-state index is 5.86. The smallest absolute Gasteiger partial charge is 0.122 e. The number of hydrogen-bond acceptors (Lipinski definition) is 4. The van der Waals surface area contributed by atoms with Crippen LogP contribution in [0.5, 0.6) is 5.75 Å². The molecule has 0 aliphatic heterocycles. The standard InChI is InChI=1S/C15H19N3O/c1-18(8-6-13-5-3-4-7-17-13)14-9-12(16)10-15(11-14)19-2/h3-5,7,9-11H,6,8,16H2,1-2H3. The Bertz CT molecular complexity index is 528. The molecular formula is C15H19N3O. The van der Waals surface area contributed by atoms with Crippen molar-refractivity contribution in [1.29, 1.82) is 0 Å². The third-order valence-corrected chi connectivity index (χ3v) is 3.02. The first-order valence-electron chi connectivity index (χ1n) is 6.24. The van der Waals surface area contributed by atoms with E-state index in [1.54, 1.807) is 7.11 Å². The van der Waals surface area contributed by atoms with E-state index in [4.69, 9.17) is 10.5 Å². The van der Waals surface area contributed by atoms with Gasteiger partial charge in [0.1, 0.15) is 5.75 Å². The van der Waals surface area contributed by atoms with Crippen LogP contribution in [0.15, 0.2) is 42.6 Å². The van der Waals surface area contributed by atoms with Gasteiger partial charge in [-0.1, -0.05) is 6.07 Å². The third-order valence-electron chi connectivity index (χ3n) is 3.02. The molecule has 1 heterocycles. The highest BCUT2D eigenvalue weighted by Gasteiger charge is 2.05. The van der Waals surface area contributed by atoms with Gasteiger partial charge in [-0.05, 0) is 18.2 Å². The van der Waals surface area contributed by atoms with Gasteiger partial charge in [0.25, 0.3) is 0 Å². The molecule has 100 valence electrons. The van der Waals surface area contributed by atoms with E-state index in [2.05, 4.69) is 9.88 Å². The molecule has 0 aliphatic rings. The van der Waals surface area contributed by atoms with Crippen molar-refractivity contribution in [1.82, 2.24) is 4.98 Å². The summed E-state index contributed by atoms with van der Waals surface area (Å²) in [5, 5.41) is 0. The number of aromatic nitrogens is 1. The van der Waals surface area contributed by atoms with E-state index in [0.29, 0.717) is 5.69 Å². The summed E-state index contributed by atoms with van der Waals surface area (Å²) in [4.78, 5) is 6.47. The summed E-state index contributed by atoms with van der Waals surface area (Å²) < 4.78 is 5.23. The summed E-state index contributed by atoms with van der Waals surface area (Å²) >= 11 is 0. The van der Waals surface area contributed by atoms with E-state index in [1.165, 1.54) is 0 Å². The predicted molar refractivity (Wildman–Crippen MR) is 78.6 cm³/mol. The van der Waals surface area contributed by atoms with Gasteiger partial charge >= 0.3 is 0 Å². The second kappa shape index (κ2) is 6.09. The van der Waals surface area contributed by atoms with E-state index >= 15 is 0 Å². The van der Waals surface area contributed by atoms with Crippen LogP contribution in [0, 0.1) is 0 Å². The Morgan fingerprint density at radius 3 is 2.79 bits per heavy atom. The molecular weight excluding hydrogens is 238 g/mol. The van der Waals surface area contributed by atoms with Crippen molar-refractivity contribution >= 4 is 11.4 Å². The van der Waals surface area contributed by atoms with E-state index < -0.39 is 0 Å². The number of anilines is 2. The number of likely N-dealkylation sites (N-methyl/N-ethyl adjacent to an activating group) is 1. The first kappa shape index (κ1) is 13.2. The summed E-state index contributed by atoms with van der Waals surface area (Å²) in [6.45, 7) is 0.879. The van der Waals surface area contributed by atoms with Gasteiger partial charge in [0.2, 0.25) is 0 Å². The zero-order valence-corrected chi connectivity index (χ0v) is 11.3. The van der Waals surface area contributed by atoms with Crippen molar-refractivity contribution in [2.24, 2.45) is 0 Å². The Hall–Kier alpha value is -2.23. The second-order valence-corrected chi connectivity index (χ2v) is 4.46. The lowest BCUT2D eigenvalue weighted by Gasteiger charge is -2.20. The fraction of sp³-hybridized carbons (Fsp3) is 0.267. The van der Waals surface area contributed by atoms with Gasteiger partial charge in [-0.15, -0.1) is 0 Å². The molecule has 0 amide bonds. The Morgan fingerprint density at radius 1 is 1.26 bits per heavy atom. The number of nitrogens with zero attached hydrogens (tertiary/aromatic N) is 2. The molecule has 4 heteroatoms. The third kappa shape index (κ3) is 3.61. The van der Waals surface area contributed by atoms with Crippen molar-refractivity contribution < 1.29 is 4.74 Å². The molecule has 1 aromatic carbocycles. The van der Waals surface area contributed by atoms with Crippen LogP contribution in [0.25, 0.3) is 0 Å². The molecule has 0 unspecified atom stereocenters. The lowest BCUT2D eigenvalue weighted by Crippen LogP contribution is -2.20. The number of nitrogens with two attached hydrogens (primary N) is 1. The summed E-state index contributed by atoms with van der Waals surface area (Å²) in [6, 6.07) is 11.7. The molecule has 0 radical (unpaired) electrons. The fourth-order valence-corrected chi connectivity index (χ4v) is 1.90. The molecule has 2 rings (SSSR count). The van der Waals surface area contributed by atoms with Gasteiger partial charge in [0, 0.05) is 55.4 Å². The van der Waals surface area contributed by atoms with Crippen LogP contribution in [-0.4, -0.2) is 25.7 Å². The molecule has 0 spiro atoms. The monoisotopic (exact) mass is 257 g/mol. The molecule has 1 aromatic heterocycles. The highest BCUT2D eigenvalue weighted by molar-refractivity contribution is 5.60. The number of pyridine rings is 1. The van der Waals surface area contributed by atoms with E-state index in [9.17, 15) is 0 Å². The number of methoxy groups -OCH3 is 1. The molecule has 2 N–H and O–H groups in total. The average molecular weight is 257 g/mol. The fourth-order valence-electron chi connectivity index (χ4n) is 1.90.